The van der Waals surface area contributed by atoms with Gasteiger partial charge in [0.1, 0.15) is 5.75 Å². The molecule has 0 amide bonds. The van der Waals surface area contributed by atoms with Crippen LogP contribution in [0, 0.1) is 6.92 Å². The van der Waals surface area contributed by atoms with Crippen molar-refractivity contribution >= 4 is 10.0 Å². The van der Waals surface area contributed by atoms with Gasteiger partial charge in [-0.05, 0) is 30.7 Å². The number of methoxy groups -OCH3 is 1. The third-order valence-electron chi connectivity index (χ3n) is 4.67. The predicted molar refractivity (Wildman–Crippen MR) is 100 cm³/mol. The van der Waals surface area contributed by atoms with Crippen molar-refractivity contribution in [1.29, 1.82) is 0 Å². The number of benzene rings is 1. The van der Waals surface area contributed by atoms with Crippen LogP contribution in [0.1, 0.15) is 37.1 Å². The minimum Gasteiger partial charge on any atom is -0.497 e. The largest absolute Gasteiger partial charge is 0.497 e. The summed E-state index contributed by atoms with van der Waals surface area (Å²) in [5.74, 6) is 2.04. The Bertz CT molecular complexity index is 887. The molecular weight excluding hydrogens is 368 g/mol. The fourth-order valence-corrected chi connectivity index (χ4v) is 4.69. The van der Waals surface area contributed by atoms with Crippen LogP contribution in [-0.4, -0.2) is 61.1 Å². The average molecular weight is 394 g/mol. The first-order chi connectivity index (χ1) is 12.8. The van der Waals surface area contributed by atoms with Crippen LogP contribution >= 0.6 is 0 Å². The summed E-state index contributed by atoms with van der Waals surface area (Å²) < 4.78 is 38.3. The Morgan fingerprint density at radius 2 is 1.89 bits per heavy atom. The quantitative estimate of drug-likeness (QED) is 0.740. The number of piperazine rings is 1. The highest BCUT2D eigenvalue weighted by molar-refractivity contribution is 7.89. The third-order valence-corrected chi connectivity index (χ3v) is 6.73. The molecule has 9 heteroatoms. The Morgan fingerprint density at radius 3 is 2.44 bits per heavy atom. The van der Waals surface area contributed by atoms with Crippen LogP contribution in [0.25, 0.3) is 0 Å². The molecule has 0 bridgehead atoms. The Kier molecular flexibility index (Phi) is 5.83. The highest BCUT2D eigenvalue weighted by Gasteiger charge is 2.30. The molecule has 3 rings (SSSR count). The number of hydrogen-bond acceptors (Lipinski definition) is 7. The maximum atomic E-state index is 13.0. The average Bonchev–Trinajstić information content (AvgIpc) is 3.10. The van der Waals surface area contributed by atoms with E-state index in [4.69, 9.17) is 9.15 Å². The summed E-state index contributed by atoms with van der Waals surface area (Å²) in [6.07, 6.45) is 0. The molecule has 1 saturated heterocycles. The van der Waals surface area contributed by atoms with E-state index in [0.29, 0.717) is 60.7 Å². The fourth-order valence-electron chi connectivity index (χ4n) is 3.06. The van der Waals surface area contributed by atoms with Gasteiger partial charge in [-0.1, -0.05) is 13.8 Å². The lowest BCUT2D eigenvalue weighted by molar-refractivity contribution is 0.167. The number of hydrogen-bond donors (Lipinski definition) is 0. The Hall–Kier alpha value is -1.97. The molecule has 1 aliphatic heterocycles. The summed E-state index contributed by atoms with van der Waals surface area (Å²) in [4.78, 5) is 2.46. The van der Waals surface area contributed by atoms with Gasteiger partial charge in [0.25, 0.3) is 0 Å². The normalized spacial score (nSPS) is 16.8. The molecule has 0 saturated carbocycles. The van der Waals surface area contributed by atoms with E-state index >= 15 is 0 Å². The minimum absolute atomic E-state index is 0.195. The Labute approximate surface area is 160 Å². The smallest absolute Gasteiger partial charge is 0.243 e. The zero-order valence-corrected chi connectivity index (χ0v) is 17.0. The molecule has 0 unspecified atom stereocenters. The Morgan fingerprint density at radius 1 is 1.19 bits per heavy atom. The van der Waals surface area contributed by atoms with Gasteiger partial charge >= 0.3 is 0 Å². The van der Waals surface area contributed by atoms with Crippen molar-refractivity contribution in [1.82, 2.24) is 19.4 Å². The van der Waals surface area contributed by atoms with E-state index in [1.54, 1.807) is 32.2 Å². The van der Waals surface area contributed by atoms with Gasteiger partial charge in [0.05, 0.1) is 18.6 Å². The molecule has 27 heavy (non-hydrogen) atoms. The van der Waals surface area contributed by atoms with E-state index in [2.05, 4.69) is 15.1 Å². The van der Waals surface area contributed by atoms with Gasteiger partial charge in [-0.25, -0.2) is 8.42 Å². The standard InChI is InChI=1S/C18H26N4O4S/c1-13(2)18-20-19-17(26-18)12-21-7-9-22(10-8-21)27(23,24)16-6-5-15(25-4)11-14(16)3/h5-6,11,13H,7-10,12H2,1-4H3. The molecule has 0 aliphatic carbocycles. The lowest BCUT2D eigenvalue weighted by Crippen LogP contribution is -2.48. The highest BCUT2D eigenvalue weighted by atomic mass is 32.2. The maximum absolute atomic E-state index is 13.0. The van der Waals surface area contributed by atoms with Crippen LogP contribution in [0.5, 0.6) is 5.75 Å². The molecule has 2 heterocycles. The summed E-state index contributed by atoms with van der Waals surface area (Å²) in [6.45, 7) is 8.42. The molecule has 8 nitrogen and oxygen atoms in total. The van der Waals surface area contributed by atoms with Crippen molar-refractivity contribution in [3.05, 3.63) is 35.5 Å². The van der Waals surface area contributed by atoms with E-state index in [0.717, 1.165) is 0 Å². The van der Waals surface area contributed by atoms with Crippen molar-refractivity contribution in [3.8, 4) is 5.75 Å². The number of aryl methyl sites for hydroxylation is 1. The monoisotopic (exact) mass is 394 g/mol. The zero-order chi connectivity index (χ0) is 19.6. The first-order valence-electron chi connectivity index (χ1n) is 9.00. The van der Waals surface area contributed by atoms with E-state index in [9.17, 15) is 8.42 Å². The molecule has 1 aromatic heterocycles. The van der Waals surface area contributed by atoms with Gasteiger partial charge in [0.15, 0.2) is 0 Å². The van der Waals surface area contributed by atoms with Crippen LogP contribution in [0.4, 0.5) is 0 Å². The number of rotatable bonds is 6. The van der Waals surface area contributed by atoms with Crippen molar-refractivity contribution in [2.24, 2.45) is 0 Å². The molecule has 0 atom stereocenters. The van der Waals surface area contributed by atoms with Crippen molar-refractivity contribution < 1.29 is 17.6 Å². The van der Waals surface area contributed by atoms with Gasteiger partial charge < -0.3 is 9.15 Å². The highest BCUT2D eigenvalue weighted by Crippen LogP contribution is 2.25. The van der Waals surface area contributed by atoms with Crippen molar-refractivity contribution in [3.63, 3.8) is 0 Å². The van der Waals surface area contributed by atoms with Crippen LogP contribution in [0.15, 0.2) is 27.5 Å². The van der Waals surface area contributed by atoms with Gasteiger partial charge in [0, 0.05) is 32.1 Å². The zero-order valence-electron chi connectivity index (χ0n) is 16.2. The maximum Gasteiger partial charge on any atom is 0.243 e. The second kappa shape index (κ2) is 7.95. The number of sulfonamides is 1. The number of nitrogens with zero attached hydrogens (tertiary/aromatic N) is 4. The summed E-state index contributed by atoms with van der Waals surface area (Å²) in [6, 6.07) is 5.03. The second-order valence-corrected chi connectivity index (χ2v) is 8.91. The second-order valence-electron chi connectivity index (χ2n) is 7.00. The van der Waals surface area contributed by atoms with Crippen LogP contribution < -0.4 is 4.74 Å². The molecule has 0 N–H and O–H groups in total. The molecule has 0 spiro atoms. The van der Waals surface area contributed by atoms with Crippen LogP contribution in [0.2, 0.25) is 0 Å². The summed E-state index contributed by atoms with van der Waals surface area (Å²) in [7, 11) is -1.96. The molecule has 0 radical (unpaired) electrons. The predicted octanol–water partition coefficient (Wildman–Crippen LogP) is 2.02. The summed E-state index contributed by atoms with van der Waals surface area (Å²) in [5.41, 5.74) is 0.684. The van der Waals surface area contributed by atoms with Gasteiger partial charge in [-0.3, -0.25) is 4.90 Å². The van der Waals surface area contributed by atoms with Crippen LogP contribution in [-0.2, 0) is 16.6 Å². The summed E-state index contributed by atoms with van der Waals surface area (Å²) >= 11 is 0. The molecule has 1 fully saturated rings. The van der Waals surface area contributed by atoms with Crippen LogP contribution in [0.3, 0.4) is 0 Å². The van der Waals surface area contributed by atoms with Gasteiger partial charge in [-0.2, -0.15) is 4.31 Å². The summed E-state index contributed by atoms with van der Waals surface area (Å²) in [5, 5.41) is 8.11. The molecular formula is C18H26N4O4S. The lowest BCUT2D eigenvalue weighted by atomic mass is 10.2. The van der Waals surface area contributed by atoms with Crippen molar-refractivity contribution in [2.75, 3.05) is 33.3 Å². The molecule has 1 aliphatic rings. The molecule has 2 aromatic rings. The van der Waals surface area contributed by atoms with E-state index in [1.807, 2.05) is 13.8 Å². The number of aromatic nitrogens is 2. The van der Waals surface area contributed by atoms with E-state index in [1.165, 1.54) is 4.31 Å². The molecule has 148 valence electrons. The minimum atomic E-state index is -3.52. The fraction of sp³-hybridized carbons (Fsp3) is 0.556. The molecule has 1 aromatic carbocycles. The lowest BCUT2D eigenvalue weighted by Gasteiger charge is -2.33. The van der Waals surface area contributed by atoms with Gasteiger partial charge in [0.2, 0.25) is 21.8 Å². The van der Waals surface area contributed by atoms with E-state index < -0.39 is 10.0 Å². The number of ether oxygens (including phenoxy) is 1. The van der Waals surface area contributed by atoms with Crippen molar-refractivity contribution in [2.45, 2.75) is 38.1 Å². The topological polar surface area (TPSA) is 88.8 Å². The third kappa shape index (κ3) is 4.31. The Balaban J connectivity index is 1.64. The van der Waals surface area contributed by atoms with E-state index in [-0.39, 0.29) is 5.92 Å². The van der Waals surface area contributed by atoms with Gasteiger partial charge in [-0.15, -0.1) is 10.2 Å². The first-order valence-corrected chi connectivity index (χ1v) is 10.4. The first kappa shape index (κ1) is 19.8. The SMILES string of the molecule is COc1ccc(S(=O)(=O)N2CCN(Cc3nnc(C(C)C)o3)CC2)c(C)c1.